The van der Waals surface area contributed by atoms with Gasteiger partial charge in [0, 0.05) is 49.9 Å². The van der Waals surface area contributed by atoms with Gasteiger partial charge in [0.05, 0.1) is 0 Å². The molecule has 3 fully saturated rings. The van der Waals surface area contributed by atoms with Crippen LogP contribution < -0.4 is 21.3 Å². The monoisotopic (exact) mass is 598 g/mol. The summed E-state index contributed by atoms with van der Waals surface area (Å²) < 4.78 is 0. The Labute approximate surface area is 250 Å². The standard InChI is InChI=1S/C30H42N6O7/c37-25-10-9-23(30(42)43)35-28(40)24-17-21(33-26(38)16-19-6-2-1-3-7-19)18-36(24)29(41)22(8-4-5-13-32-25)34-27(39)20-11-14-31-15-12-20/h11-12,14-15,19,21-24H,1-10,13,16-18H2,(H,32,37)(H,33,38)(H,34,39)(H,35,40)(H,42,43)/t21-,22+,23+,24+/m1/s1. The van der Waals surface area contributed by atoms with E-state index in [0.29, 0.717) is 37.3 Å². The number of carbonyl (C=O) groups excluding carboxylic acids is 5. The maximum Gasteiger partial charge on any atom is 0.326 e. The van der Waals surface area contributed by atoms with Crippen molar-refractivity contribution < 1.29 is 33.9 Å². The van der Waals surface area contributed by atoms with Crippen molar-refractivity contribution in [3.8, 4) is 0 Å². The van der Waals surface area contributed by atoms with Gasteiger partial charge in [-0.15, -0.1) is 0 Å². The number of nitrogens with zero attached hydrogens (tertiary/aromatic N) is 2. The highest BCUT2D eigenvalue weighted by atomic mass is 16.4. The first-order valence-corrected chi connectivity index (χ1v) is 15.3. The Balaban J connectivity index is 1.55. The summed E-state index contributed by atoms with van der Waals surface area (Å²) in [5, 5.41) is 20.7. The van der Waals surface area contributed by atoms with Gasteiger partial charge in [-0.3, -0.25) is 29.0 Å². The lowest BCUT2D eigenvalue weighted by atomic mass is 9.87. The molecule has 13 nitrogen and oxygen atoms in total. The molecule has 4 atom stereocenters. The van der Waals surface area contributed by atoms with Crippen molar-refractivity contribution in [2.24, 2.45) is 5.92 Å². The summed E-state index contributed by atoms with van der Waals surface area (Å²) in [6.07, 6.45) is 9.89. The molecule has 1 aromatic rings. The molecule has 2 aliphatic heterocycles. The van der Waals surface area contributed by atoms with Gasteiger partial charge in [-0.1, -0.05) is 19.3 Å². The summed E-state index contributed by atoms with van der Waals surface area (Å²) in [5.74, 6) is -3.10. The summed E-state index contributed by atoms with van der Waals surface area (Å²) in [6, 6.07) is -0.837. The smallest absolute Gasteiger partial charge is 0.326 e. The van der Waals surface area contributed by atoms with Gasteiger partial charge in [0.25, 0.3) is 5.91 Å². The maximum absolute atomic E-state index is 14.0. The van der Waals surface area contributed by atoms with Crippen LogP contribution in [-0.2, 0) is 24.0 Å². The first-order chi connectivity index (χ1) is 20.7. The van der Waals surface area contributed by atoms with E-state index in [-0.39, 0.29) is 44.0 Å². The van der Waals surface area contributed by atoms with E-state index < -0.39 is 47.9 Å². The molecule has 2 saturated heterocycles. The van der Waals surface area contributed by atoms with Crippen LogP contribution in [0.4, 0.5) is 0 Å². The molecule has 0 spiro atoms. The summed E-state index contributed by atoms with van der Waals surface area (Å²) >= 11 is 0. The Morgan fingerprint density at radius 3 is 2.40 bits per heavy atom. The van der Waals surface area contributed by atoms with Crippen LogP contribution in [-0.4, -0.2) is 87.8 Å². The SMILES string of the molecule is O=C1CC[C@@H](C(=O)O)NC(=O)[C@@H]2C[C@@H](NC(=O)CC3CCCCC3)CN2C(=O)[C@@H](NC(=O)c2ccncc2)CCCCN1. The summed E-state index contributed by atoms with van der Waals surface area (Å²) in [4.78, 5) is 82.9. The van der Waals surface area contributed by atoms with Crippen LogP contribution in [0.15, 0.2) is 24.5 Å². The molecule has 1 saturated carbocycles. The van der Waals surface area contributed by atoms with E-state index in [9.17, 15) is 33.9 Å². The highest BCUT2D eigenvalue weighted by Gasteiger charge is 2.43. The van der Waals surface area contributed by atoms with E-state index >= 15 is 0 Å². The van der Waals surface area contributed by atoms with E-state index in [1.54, 1.807) is 0 Å². The second kappa shape index (κ2) is 15.4. The molecule has 5 amide bonds. The summed E-state index contributed by atoms with van der Waals surface area (Å²) in [6.45, 7) is 0.371. The van der Waals surface area contributed by atoms with Gasteiger partial charge in [0.15, 0.2) is 0 Å². The number of hydrogen-bond acceptors (Lipinski definition) is 7. The van der Waals surface area contributed by atoms with E-state index in [4.69, 9.17) is 0 Å². The van der Waals surface area contributed by atoms with Gasteiger partial charge < -0.3 is 31.3 Å². The maximum atomic E-state index is 14.0. The van der Waals surface area contributed by atoms with E-state index in [2.05, 4.69) is 26.3 Å². The topological polar surface area (TPSA) is 187 Å². The van der Waals surface area contributed by atoms with Crippen molar-refractivity contribution in [3.63, 3.8) is 0 Å². The number of rotatable bonds is 6. The summed E-state index contributed by atoms with van der Waals surface area (Å²) in [5.41, 5.74) is 0.318. The zero-order valence-electron chi connectivity index (χ0n) is 24.4. The van der Waals surface area contributed by atoms with Crippen molar-refractivity contribution >= 4 is 35.5 Å². The number of hydrogen-bond donors (Lipinski definition) is 5. The van der Waals surface area contributed by atoms with Crippen LogP contribution in [0.2, 0.25) is 0 Å². The number of carbonyl (C=O) groups is 6. The largest absolute Gasteiger partial charge is 0.480 e. The first kappa shape index (κ1) is 31.9. The zero-order valence-corrected chi connectivity index (χ0v) is 24.4. The van der Waals surface area contributed by atoms with Gasteiger partial charge >= 0.3 is 5.97 Å². The molecular formula is C30H42N6O7. The molecule has 3 heterocycles. The zero-order chi connectivity index (χ0) is 30.8. The van der Waals surface area contributed by atoms with Gasteiger partial charge in [0.1, 0.15) is 18.1 Å². The predicted molar refractivity (Wildman–Crippen MR) is 154 cm³/mol. The third-order valence-electron chi connectivity index (χ3n) is 8.51. The predicted octanol–water partition coefficient (Wildman–Crippen LogP) is 0.886. The van der Waals surface area contributed by atoms with Crippen molar-refractivity contribution in [1.82, 2.24) is 31.2 Å². The lowest BCUT2D eigenvalue weighted by Crippen LogP contribution is -2.55. The highest BCUT2D eigenvalue weighted by Crippen LogP contribution is 2.27. The number of aromatic nitrogens is 1. The molecule has 43 heavy (non-hydrogen) atoms. The molecule has 0 radical (unpaired) electrons. The van der Waals surface area contributed by atoms with Gasteiger partial charge in [-0.2, -0.15) is 0 Å². The molecular weight excluding hydrogens is 556 g/mol. The van der Waals surface area contributed by atoms with E-state index in [1.165, 1.54) is 35.8 Å². The van der Waals surface area contributed by atoms with Crippen LogP contribution in [0.5, 0.6) is 0 Å². The average Bonchev–Trinajstić information content (AvgIpc) is 3.41. The van der Waals surface area contributed by atoms with Crippen LogP contribution in [0, 0.1) is 5.92 Å². The molecule has 13 heteroatoms. The van der Waals surface area contributed by atoms with Crippen molar-refractivity contribution in [2.75, 3.05) is 13.1 Å². The number of pyridine rings is 1. The lowest BCUT2D eigenvalue weighted by molar-refractivity contribution is -0.144. The Morgan fingerprint density at radius 1 is 0.953 bits per heavy atom. The molecule has 1 aromatic heterocycles. The number of nitrogens with one attached hydrogen (secondary N) is 4. The third-order valence-corrected chi connectivity index (χ3v) is 8.51. The Morgan fingerprint density at radius 2 is 1.67 bits per heavy atom. The number of fused-ring (bicyclic) bond motifs is 1. The fourth-order valence-electron chi connectivity index (χ4n) is 6.17. The average molecular weight is 599 g/mol. The highest BCUT2D eigenvalue weighted by molar-refractivity contribution is 5.99. The van der Waals surface area contributed by atoms with Crippen molar-refractivity contribution in [2.45, 2.75) is 101 Å². The second-order valence-corrected chi connectivity index (χ2v) is 11.8. The van der Waals surface area contributed by atoms with Gasteiger partial charge in [-0.25, -0.2) is 4.79 Å². The minimum Gasteiger partial charge on any atom is -0.480 e. The van der Waals surface area contributed by atoms with Crippen LogP contribution in [0.3, 0.4) is 0 Å². The number of aliphatic carboxylic acids is 1. The fraction of sp³-hybridized carbons (Fsp3) is 0.633. The van der Waals surface area contributed by atoms with Crippen LogP contribution >= 0.6 is 0 Å². The molecule has 3 aliphatic rings. The van der Waals surface area contributed by atoms with E-state index in [1.807, 2.05) is 0 Å². The normalized spacial score (nSPS) is 26.2. The Kier molecular flexibility index (Phi) is 11.5. The molecule has 4 rings (SSSR count). The van der Waals surface area contributed by atoms with Gasteiger partial charge in [-0.05, 0) is 63.0 Å². The lowest BCUT2D eigenvalue weighted by Gasteiger charge is -2.29. The quantitative estimate of drug-likeness (QED) is 0.319. The molecule has 1 aliphatic carbocycles. The Bertz CT molecular complexity index is 1170. The fourth-order valence-corrected chi connectivity index (χ4v) is 6.17. The molecule has 0 bridgehead atoms. The molecule has 5 N–H and O–H groups in total. The third kappa shape index (κ3) is 9.23. The van der Waals surface area contributed by atoms with Gasteiger partial charge in [0.2, 0.25) is 23.6 Å². The van der Waals surface area contributed by atoms with Crippen molar-refractivity contribution in [3.05, 3.63) is 30.1 Å². The second-order valence-electron chi connectivity index (χ2n) is 11.8. The Hall–Kier alpha value is -4.03. The molecule has 234 valence electrons. The molecule has 0 unspecified atom stereocenters. The van der Waals surface area contributed by atoms with E-state index in [0.717, 1.165) is 25.7 Å². The van der Waals surface area contributed by atoms with Crippen LogP contribution in [0.1, 0.15) is 87.4 Å². The number of carboxylic acids is 1. The van der Waals surface area contributed by atoms with Crippen LogP contribution in [0.25, 0.3) is 0 Å². The van der Waals surface area contributed by atoms with Crippen molar-refractivity contribution in [1.29, 1.82) is 0 Å². The summed E-state index contributed by atoms with van der Waals surface area (Å²) in [7, 11) is 0. The minimum absolute atomic E-state index is 0.0483. The first-order valence-electron chi connectivity index (χ1n) is 15.3. The number of amides is 5. The number of carboxylic acid groups (broad SMARTS) is 1. The molecule has 0 aromatic carbocycles. The minimum atomic E-state index is -1.33.